The third kappa shape index (κ3) is 5.14. The highest BCUT2D eigenvalue weighted by Crippen LogP contribution is 2.30. The molecule has 0 aliphatic carbocycles. The summed E-state index contributed by atoms with van der Waals surface area (Å²) in [5, 5.41) is 13.9. The second kappa shape index (κ2) is 8.08. The molecule has 0 radical (unpaired) electrons. The average Bonchev–Trinajstić information content (AvgIpc) is 2.36. The van der Waals surface area contributed by atoms with Crippen LogP contribution in [-0.4, -0.2) is 38.4 Å². The van der Waals surface area contributed by atoms with E-state index >= 15 is 0 Å². The zero-order valence-electron chi connectivity index (χ0n) is 10.9. The summed E-state index contributed by atoms with van der Waals surface area (Å²) in [5.74, 6) is 0. The second-order valence-corrected chi connectivity index (χ2v) is 4.76. The van der Waals surface area contributed by atoms with Gasteiger partial charge in [-0.2, -0.15) is 0 Å². The Labute approximate surface area is 120 Å². The number of rotatable bonds is 8. The molecule has 19 heavy (non-hydrogen) atoms. The number of aryl methyl sites for hydroxylation is 1. The summed E-state index contributed by atoms with van der Waals surface area (Å²) in [7, 11) is 1.62. The van der Waals surface area contributed by atoms with Gasteiger partial charge in [0.05, 0.1) is 24.7 Å². The Kier molecular flexibility index (Phi) is 6.75. The molecule has 1 aromatic carbocycles. The molecule has 0 heterocycles. The highest BCUT2D eigenvalue weighted by molar-refractivity contribution is 9.10. The van der Waals surface area contributed by atoms with Crippen LogP contribution in [0.3, 0.4) is 0 Å². The summed E-state index contributed by atoms with van der Waals surface area (Å²) >= 11 is 3.32. The van der Waals surface area contributed by atoms with Gasteiger partial charge in [0.15, 0.2) is 0 Å². The van der Waals surface area contributed by atoms with Crippen LogP contribution in [0.25, 0.3) is 0 Å². The Morgan fingerprint density at radius 1 is 1.37 bits per heavy atom. The molecule has 7 heteroatoms. The fraction of sp³-hybridized carbons (Fsp3) is 0.500. The van der Waals surface area contributed by atoms with Gasteiger partial charge in [0.2, 0.25) is 0 Å². The van der Waals surface area contributed by atoms with Crippen LogP contribution >= 0.6 is 15.9 Å². The maximum absolute atomic E-state index is 10.8. The van der Waals surface area contributed by atoms with Crippen molar-refractivity contribution in [3.8, 4) is 0 Å². The Bertz CT molecular complexity index is 440. The molecule has 0 unspecified atom stereocenters. The van der Waals surface area contributed by atoms with E-state index in [4.69, 9.17) is 9.47 Å². The molecule has 0 aromatic heterocycles. The van der Waals surface area contributed by atoms with E-state index in [2.05, 4.69) is 21.2 Å². The number of hydrogen-bond donors (Lipinski definition) is 1. The first-order valence-electron chi connectivity index (χ1n) is 5.81. The summed E-state index contributed by atoms with van der Waals surface area (Å²) in [6.45, 7) is 4.01. The summed E-state index contributed by atoms with van der Waals surface area (Å²) < 4.78 is 10.8. The first kappa shape index (κ1) is 15.9. The van der Waals surface area contributed by atoms with Gasteiger partial charge in [-0.05, 0) is 28.9 Å². The van der Waals surface area contributed by atoms with E-state index in [1.165, 1.54) is 6.07 Å². The van der Waals surface area contributed by atoms with Crippen molar-refractivity contribution < 1.29 is 14.4 Å². The van der Waals surface area contributed by atoms with Crippen molar-refractivity contribution in [2.75, 3.05) is 38.8 Å². The van der Waals surface area contributed by atoms with Crippen LogP contribution in [0.4, 0.5) is 11.4 Å². The van der Waals surface area contributed by atoms with Gasteiger partial charge in [-0.1, -0.05) is 0 Å². The molecular formula is C12H17BrN2O4. The highest BCUT2D eigenvalue weighted by atomic mass is 79.9. The van der Waals surface area contributed by atoms with Crippen LogP contribution in [0.15, 0.2) is 16.6 Å². The molecule has 106 valence electrons. The number of methoxy groups -OCH3 is 1. The number of nitrogens with one attached hydrogen (secondary N) is 1. The van der Waals surface area contributed by atoms with Crippen molar-refractivity contribution in [3.63, 3.8) is 0 Å². The van der Waals surface area contributed by atoms with Crippen LogP contribution in [-0.2, 0) is 9.47 Å². The van der Waals surface area contributed by atoms with E-state index in [-0.39, 0.29) is 5.69 Å². The number of hydrogen-bond acceptors (Lipinski definition) is 5. The third-order valence-corrected chi connectivity index (χ3v) is 3.13. The molecular weight excluding hydrogens is 316 g/mol. The monoisotopic (exact) mass is 332 g/mol. The minimum atomic E-state index is -0.391. The van der Waals surface area contributed by atoms with Gasteiger partial charge >= 0.3 is 0 Å². The van der Waals surface area contributed by atoms with Crippen molar-refractivity contribution in [1.29, 1.82) is 0 Å². The van der Waals surface area contributed by atoms with Gasteiger partial charge in [-0.25, -0.2) is 0 Å². The van der Waals surface area contributed by atoms with Gasteiger partial charge in [0, 0.05) is 35.4 Å². The summed E-state index contributed by atoms with van der Waals surface area (Å²) in [5.41, 5.74) is 1.54. The minimum Gasteiger partial charge on any atom is -0.382 e. The van der Waals surface area contributed by atoms with Gasteiger partial charge in [0.25, 0.3) is 5.69 Å². The van der Waals surface area contributed by atoms with E-state index in [1.807, 2.05) is 0 Å². The predicted octanol–water partition coefficient (Wildman–Crippen LogP) is 2.74. The Balaban J connectivity index is 2.50. The number of halogens is 1. The van der Waals surface area contributed by atoms with Crippen molar-refractivity contribution in [2.45, 2.75) is 6.92 Å². The standard InChI is InChI=1S/C12H17BrN2O4/c1-9-7-11(10(13)8-12(9)15(16)17)14-3-4-19-6-5-18-2/h7-8,14H,3-6H2,1-2H3. The number of benzene rings is 1. The molecule has 1 N–H and O–H groups in total. The molecule has 0 saturated heterocycles. The van der Waals surface area contributed by atoms with Gasteiger partial charge < -0.3 is 14.8 Å². The van der Waals surface area contributed by atoms with E-state index < -0.39 is 4.92 Å². The molecule has 6 nitrogen and oxygen atoms in total. The zero-order valence-corrected chi connectivity index (χ0v) is 12.5. The third-order valence-electron chi connectivity index (χ3n) is 2.48. The summed E-state index contributed by atoms with van der Waals surface area (Å²) in [4.78, 5) is 10.4. The summed E-state index contributed by atoms with van der Waals surface area (Å²) in [6, 6.07) is 3.25. The van der Waals surface area contributed by atoms with E-state index in [0.29, 0.717) is 36.4 Å². The molecule has 0 saturated carbocycles. The van der Waals surface area contributed by atoms with Crippen LogP contribution in [0.1, 0.15) is 5.56 Å². The SMILES string of the molecule is COCCOCCNc1cc(C)c([N+](=O)[O-])cc1Br. The van der Waals surface area contributed by atoms with E-state index in [9.17, 15) is 10.1 Å². The molecule has 0 fully saturated rings. The van der Waals surface area contributed by atoms with Crippen LogP contribution in [0, 0.1) is 17.0 Å². The molecule has 0 atom stereocenters. The van der Waals surface area contributed by atoms with Crippen LogP contribution in [0.2, 0.25) is 0 Å². The fourth-order valence-corrected chi connectivity index (χ4v) is 1.98. The Morgan fingerprint density at radius 3 is 2.74 bits per heavy atom. The molecule has 0 bridgehead atoms. The molecule has 1 aromatic rings. The lowest BCUT2D eigenvalue weighted by Gasteiger charge is -2.10. The van der Waals surface area contributed by atoms with E-state index in [1.54, 1.807) is 20.1 Å². The minimum absolute atomic E-state index is 0.105. The normalized spacial score (nSPS) is 10.5. The lowest BCUT2D eigenvalue weighted by atomic mass is 10.2. The molecule has 1 rings (SSSR count). The fourth-order valence-electron chi connectivity index (χ4n) is 1.51. The van der Waals surface area contributed by atoms with Crippen LogP contribution < -0.4 is 5.32 Å². The first-order chi connectivity index (χ1) is 9.06. The quantitative estimate of drug-likeness (QED) is 0.450. The number of anilines is 1. The average molecular weight is 333 g/mol. The second-order valence-electron chi connectivity index (χ2n) is 3.91. The smallest absolute Gasteiger partial charge is 0.273 e. The number of nitrogens with zero attached hydrogens (tertiary/aromatic N) is 1. The molecule has 0 aliphatic rings. The van der Waals surface area contributed by atoms with Gasteiger partial charge in [-0.15, -0.1) is 0 Å². The first-order valence-corrected chi connectivity index (χ1v) is 6.60. The van der Waals surface area contributed by atoms with Crippen molar-refractivity contribution in [1.82, 2.24) is 0 Å². The van der Waals surface area contributed by atoms with Crippen molar-refractivity contribution in [2.24, 2.45) is 0 Å². The van der Waals surface area contributed by atoms with Gasteiger partial charge in [-0.3, -0.25) is 10.1 Å². The van der Waals surface area contributed by atoms with Crippen molar-refractivity contribution >= 4 is 27.3 Å². The Hall–Kier alpha value is -1.18. The predicted molar refractivity (Wildman–Crippen MR) is 76.7 cm³/mol. The highest BCUT2D eigenvalue weighted by Gasteiger charge is 2.13. The maximum atomic E-state index is 10.8. The lowest BCUT2D eigenvalue weighted by Crippen LogP contribution is -2.12. The number of nitro groups is 1. The number of ether oxygens (including phenoxy) is 2. The lowest BCUT2D eigenvalue weighted by molar-refractivity contribution is -0.385. The Morgan fingerprint density at radius 2 is 2.11 bits per heavy atom. The largest absolute Gasteiger partial charge is 0.382 e. The molecule has 0 aliphatic heterocycles. The van der Waals surface area contributed by atoms with E-state index in [0.717, 1.165) is 5.69 Å². The maximum Gasteiger partial charge on any atom is 0.273 e. The summed E-state index contributed by atoms with van der Waals surface area (Å²) in [6.07, 6.45) is 0. The number of nitro benzene ring substituents is 1. The topological polar surface area (TPSA) is 73.6 Å². The molecule has 0 amide bonds. The van der Waals surface area contributed by atoms with Crippen molar-refractivity contribution in [3.05, 3.63) is 32.3 Å². The molecule has 0 spiro atoms. The van der Waals surface area contributed by atoms with Crippen LogP contribution in [0.5, 0.6) is 0 Å². The zero-order chi connectivity index (χ0) is 14.3. The van der Waals surface area contributed by atoms with Gasteiger partial charge in [0.1, 0.15) is 0 Å².